The molecule has 0 saturated heterocycles. The SMILES string of the molecule is CCCN(CCC)C1CC(CN2C(=O)C(O)(c3ccc(Cl)cc3Cl)c3c(C)cc(C(N)=O)cc32)C1. The highest BCUT2D eigenvalue weighted by molar-refractivity contribution is 6.35. The number of anilines is 1. The molecule has 0 aromatic heterocycles. The summed E-state index contributed by atoms with van der Waals surface area (Å²) in [5.74, 6) is -0.751. The zero-order chi connectivity index (χ0) is 25.5. The highest BCUT2D eigenvalue weighted by atomic mass is 35.5. The number of rotatable bonds is 9. The predicted octanol–water partition coefficient (Wildman–Crippen LogP) is 4.88. The number of hydrogen-bond acceptors (Lipinski definition) is 4. The molecule has 1 aliphatic carbocycles. The smallest absolute Gasteiger partial charge is 0.268 e. The fourth-order valence-electron chi connectivity index (χ4n) is 5.68. The molecule has 2 aromatic rings. The molecule has 1 saturated carbocycles. The van der Waals surface area contributed by atoms with Crippen LogP contribution in [0.5, 0.6) is 0 Å². The first-order chi connectivity index (χ1) is 16.6. The standard InChI is InChI=1S/C27H33Cl2N3O3/c1-4-8-31(9-5-2)20-11-17(12-20)15-32-23-13-18(25(30)33)10-16(3)24(23)27(35,26(32)34)21-7-6-19(28)14-22(21)29/h6-7,10,13-14,17,20,35H,4-5,8-9,11-12,15H2,1-3H3,(H2,30,33). The molecule has 6 nitrogen and oxygen atoms in total. The lowest BCUT2D eigenvalue weighted by molar-refractivity contribution is -0.132. The van der Waals surface area contributed by atoms with Crippen LogP contribution in [0.2, 0.25) is 10.0 Å². The number of benzene rings is 2. The molecule has 2 aromatic carbocycles. The summed E-state index contributed by atoms with van der Waals surface area (Å²) < 4.78 is 0. The Hall–Kier alpha value is -2.12. The summed E-state index contributed by atoms with van der Waals surface area (Å²) in [6.45, 7) is 8.77. The number of fused-ring (bicyclic) bond motifs is 1. The monoisotopic (exact) mass is 517 g/mol. The van der Waals surface area contributed by atoms with Gasteiger partial charge in [0.1, 0.15) is 0 Å². The molecular formula is C27H33Cl2N3O3. The summed E-state index contributed by atoms with van der Waals surface area (Å²) in [6, 6.07) is 8.45. The first-order valence-corrected chi connectivity index (χ1v) is 13.1. The molecule has 1 heterocycles. The molecule has 2 aliphatic rings. The molecule has 0 radical (unpaired) electrons. The van der Waals surface area contributed by atoms with Gasteiger partial charge in [-0.05, 0) is 81.4 Å². The molecule has 35 heavy (non-hydrogen) atoms. The third kappa shape index (κ3) is 4.57. The first kappa shape index (κ1) is 26.0. The van der Waals surface area contributed by atoms with Crippen molar-refractivity contribution in [3.05, 3.63) is 62.6 Å². The van der Waals surface area contributed by atoms with E-state index in [1.54, 1.807) is 36.1 Å². The van der Waals surface area contributed by atoms with Crippen LogP contribution < -0.4 is 10.6 Å². The Bertz CT molecular complexity index is 1140. The van der Waals surface area contributed by atoms with E-state index in [0.717, 1.165) is 38.8 Å². The second-order valence-corrected chi connectivity index (χ2v) is 10.7. The van der Waals surface area contributed by atoms with Gasteiger partial charge >= 0.3 is 0 Å². The lowest BCUT2D eigenvalue weighted by Gasteiger charge is -2.44. The highest BCUT2D eigenvalue weighted by Gasteiger charge is 2.54. The van der Waals surface area contributed by atoms with E-state index >= 15 is 0 Å². The van der Waals surface area contributed by atoms with Crippen LogP contribution in [0, 0.1) is 12.8 Å². The van der Waals surface area contributed by atoms with E-state index in [4.69, 9.17) is 28.9 Å². The maximum atomic E-state index is 13.9. The number of nitrogens with zero attached hydrogens (tertiary/aromatic N) is 2. The quantitative estimate of drug-likeness (QED) is 0.495. The van der Waals surface area contributed by atoms with Gasteiger partial charge in [0, 0.05) is 39.3 Å². The number of hydrogen-bond donors (Lipinski definition) is 2. The van der Waals surface area contributed by atoms with Gasteiger partial charge in [0.2, 0.25) is 5.91 Å². The lowest BCUT2D eigenvalue weighted by Crippen LogP contribution is -2.50. The van der Waals surface area contributed by atoms with Crippen molar-refractivity contribution in [2.45, 2.75) is 58.1 Å². The van der Waals surface area contributed by atoms with Gasteiger partial charge in [-0.2, -0.15) is 0 Å². The lowest BCUT2D eigenvalue weighted by atomic mass is 9.78. The number of halogens is 2. The molecule has 1 atom stereocenters. The summed E-state index contributed by atoms with van der Waals surface area (Å²) in [4.78, 5) is 30.1. The zero-order valence-corrected chi connectivity index (χ0v) is 22.0. The predicted molar refractivity (Wildman–Crippen MR) is 140 cm³/mol. The number of amides is 2. The number of aryl methyl sites for hydroxylation is 1. The third-order valence-corrected chi connectivity index (χ3v) is 7.86. The van der Waals surface area contributed by atoms with Crippen LogP contribution >= 0.6 is 23.2 Å². The van der Waals surface area contributed by atoms with Gasteiger partial charge in [0.05, 0.1) is 5.69 Å². The highest BCUT2D eigenvalue weighted by Crippen LogP contribution is 2.49. The average Bonchev–Trinajstić information content (AvgIpc) is 2.98. The number of carbonyl (C=O) groups excluding carboxylic acids is 2. The van der Waals surface area contributed by atoms with Crippen LogP contribution in [0.1, 0.15) is 66.6 Å². The molecule has 188 valence electrons. The van der Waals surface area contributed by atoms with Gasteiger partial charge < -0.3 is 20.6 Å². The van der Waals surface area contributed by atoms with Crippen molar-refractivity contribution < 1.29 is 14.7 Å². The Morgan fingerprint density at radius 1 is 1.17 bits per heavy atom. The fourth-order valence-corrected chi connectivity index (χ4v) is 6.22. The van der Waals surface area contributed by atoms with E-state index in [9.17, 15) is 14.7 Å². The minimum absolute atomic E-state index is 0.206. The Morgan fingerprint density at radius 3 is 2.40 bits per heavy atom. The second-order valence-electron chi connectivity index (χ2n) is 9.83. The van der Waals surface area contributed by atoms with Gasteiger partial charge in [-0.15, -0.1) is 0 Å². The van der Waals surface area contributed by atoms with Crippen molar-refractivity contribution in [3.8, 4) is 0 Å². The molecule has 0 bridgehead atoms. The first-order valence-electron chi connectivity index (χ1n) is 12.3. The maximum Gasteiger partial charge on any atom is 0.268 e. The molecule has 2 amide bonds. The molecule has 0 spiro atoms. The van der Waals surface area contributed by atoms with Crippen LogP contribution in [-0.4, -0.2) is 47.5 Å². The van der Waals surface area contributed by atoms with Gasteiger partial charge in [-0.1, -0.05) is 43.1 Å². The normalized spacial score (nSPS) is 23.5. The van der Waals surface area contributed by atoms with Gasteiger partial charge in [0.25, 0.3) is 5.91 Å². The summed E-state index contributed by atoms with van der Waals surface area (Å²) >= 11 is 12.6. The topological polar surface area (TPSA) is 86.9 Å². The second kappa shape index (κ2) is 10.1. The summed E-state index contributed by atoms with van der Waals surface area (Å²) in [7, 11) is 0. The number of nitrogens with two attached hydrogens (primary N) is 1. The Morgan fingerprint density at radius 2 is 1.83 bits per heavy atom. The minimum atomic E-state index is -1.98. The van der Waals surface area contributed by atoms with E-state index in [1.807, 2.05) is 0 Å². The minimum Gasteiger partial charge on any atom is -0.372 e. The number of aliphatic hydroxyl groups is 1. The average molecular weight is 518 g/mol. The molecular weight excluding hydrogens is 485 g/mol. The van der Waals surface area contributed by atoms with Crippen molar-refractivity contribution in [1.82, 2.24) is 4.90 Å². The van der Waals surface area contributed by atoms with Crippen molar-refractivity contribution in [3.63, 3.8) is 0 Å². The van der Waals surface area contributed by atoms with Gasteiger partial charge in [-0.3, -0.25) is 9.59 Å². The maximum absolute atomic E-state index is 13.9. The van der Waals surface area contributed by atoms with Crippen molar-refractivity contribution in [2.75, 3.05) is 24.5 Å². The van der Waals surface area contributed by atoms with Crippen LogP contribution in [0.3, 0.4) is 0 Å². The zero-order valence-electron chi connectivity index (χ0n) is 20.5. The van der Waals surface area contributed by atoms with E-state index in [1.165, 1.54) is 6.07 Å². The molecule has 1 fully saturated rings. The molecule has 3 N–H and O–H groups in total. The molecule has 1 aliphatic heterocycles. The van der Waals surface area contributed by atoms with Crippen molar-refractivity contribution in [1.29, 1.82) is 0 Å². The van der Waals surface area contributed by atoms with Crippen LogP contribution in [0.4, 0.5) is 5.69 Å². The summed E-state index contributed by atoms with van der Waals surface area (Å²) in [5.41, 5.74) is 5.73. The van der Waals surface area contributed by atoms with Gasteiger partial charge in [-0.25, -0.2) is 0 Å². The van der Waals surface area contributed by atoms with Crippen LogP contribution in [0.15, 0.2) is 30.3 Å². The summed E-state index contributed by atoms with van der Waals surface area (Å²) in [5, 5.41) is 12.6. The largest absolute Gasteiger partial charge is 0.372 e. The van der Waals surface area contributed by atoms with Crippen LogP contribution in [-0.2, 0) is 10.4 Å². The third-order valence-electron chi connectivity index (χ3n) is 7.32. The van der Waals surface area contributed by atoms with Crippen LogP contribution in [0.25, 0.3) is 0 Å². The van der Waals surface area contributed by atoms with E-state index in [2.05, 4.69) is 18.7 Å². The Labute approximate surface area is 217 Å². The summed E-state index contributed by atoms with van der Waals surface area (Å²) in [6.07, 6.45) is 4.22. The number of carbonyl (C=O) groups is 2. The Balaban J connectivity index is 1.70. The van der Waals surface area contributed by atoms with Gasteiger partial charge in [0.15, 0.2) is 5.60 Å². The number of primary amides is 1. The van der Waals surface area contributed by atoms with E-state index in [-0.39, 0.29) is 10.6 Å². The fraction of sp³-hybridized carbons (Fsp3) is 0.481. The van der Waals surface area contributed by atoms with E-state index in [0.29, 0.717) is 45.9 Å². The van der Waals surface area contributed by atoms with E-state index < -0.39 is 17.4 Å². The van der Waals surface area contributed by atoms with Crippen molar-refractivity contribution >= 4 is 40.7 Å². The molecule has 8 heteroatoms. The van der Waals surface area contributed by atoms with Crippen molar-refractivity contribution in [2.24, 2.45) is 11.7 Å². The molecule has 1 unspecified atom stereocenters. The molecule has 4 rings (SSSR count). The Kier molecular flexibility index (Phi) is 7.49.